The molecule has 2 heterocycles. The summed E-state index contributed by atoms with van der Waals surface area (Å²) in [7, 11) is 0. The molecule has 1 atom stereocenters. The summed E-state index contributed by atoms with van der Waals surface area (Å²) in [5.41, 5.74) is 2.74. The van der Waals surface area contributed by atoms with Crippen LogP contribution in [0.2, 0.25) is 0 Å². The number of likely N-dealkylation sites (tertiary alicyclic amines) is 1. The number of H-pyrrole nitrogens is 1. The Hall–Kier alpha value is -4.71. The number of rotatable bonds is 15. The molecule has 1 fully saturated rings. The van der Waals surface area contributed by atoms with E-state index in [1.54, 1.807) is 12.1 Å². The molecule has 0 radical (unpaired) electrons. The molecule has 2 amide bonds. The lowest BCUT2D eigenvalue weighted by molar-refractivity contribution is -0.121. The molecule has 6 N–H and O–H groups in total. The number of aromatic hydroxyl groups is 1. The lowest BCUT2D eigenvalue weighted by Crippen LogP contribution is -2.47. The predicted molar refractivity (Wildman–Crippen MR) is 192 cm³/mol. The van der Waals surface area contributed by atoms with Crippen molar-refractivity contribution in [2.45, 2.75) is 57.2 Å². The van der Waals surface area contributed by atoms with Crippen molar-refractivity contribution in [3.05, 3.63) is 94.8 Å². The largest absolute Gasteiger partial charge is 0.506 e. The first kappa shape index (κ1) is 35.6. The molecule has 0 aliphatic carbocycles. The number of nitrogens with one attached hydrogen (secondary N) is 4. The average Bonchev–Trinajstić information content (AvgIpc) is 3.09. The lowest BCUT2D eigenvalue weighted by atomic mass is 9.93. The van der Waals surface area contributed by atoms with Crippen LogP contribution in [0.25, 0.3) is 22.0 Å². The van der Waals surface area contributed by atoms with Crippen molar-refractivity contribution in [3.8, 4) is 16.9 Å². The Balaban J connectivity index is 0.918. The molecule has 260 valence electrons. The second-order valence-corrected chi connectivity index (χ2v) is 12.9. The number of anilines is 1. The fourth-order valence-corrected chi connectivity index (χ4v) is 6.22. The van der Waals surface area contributed by atoms with Gasteiger partial charge in [-0.25, -0.2) is 4.79 Å². The predicted octanol–water partition coefficient (Wildman–Crippen LogP) is 5.30. The number of aromatic amines is 1. The number of ether oxygens (including phenoxy) is 1. The Bertz CT molecular complexity index is 1750. The van der Waals surface area contributed by atoms with Crippen LogP contribution < -0.4 is 21.5 Å². The average molecular weight is 670 g/mol. The molecule has 5 rings (SSSR count). The van der Waals surface area contributed by atoms with Gasteiger partial charge in [-0.1, -0.05) is 61.0 Å². The lowest BCUT2D eigenvalue weighted by Gasteiger charge is -2.38. The van der Waals surface area contributed by atoms with Crippen LogP contribution in [0.15, 0.2) is 83.7 Å². The first-order valence-electron chi connectivity index (χ1n) is 17.1. The molecule has 1 aromatic heterocycles. The maximum Gasteiger partial charge on any atom is 0.412 e. The van der Waals surface area contributed by atoms with Gasteiger partial charge in [0.05, 0.1) is 17.3 Å². The van der Waals surface area contributed by atoms with Crippen LogP contribution in [0, 0.1) is 0 Å². The minimum absolute atomic E-state index is 0.0366. The summed E-state index contributed by atoms with van der Waals surface area (Å²) in [6.45, 7) is 5.90. The molecule has 1 saturated heterocycles. The Kier molecular flexibility index (Phi) is 12.4. The van der Waals surface area contributed by atoms with Gasteiger partial charge in [0.25, 0.3) is 0 Å². The second-order valence-electron chi connectivity index (χ2n) is 12.9. The van der Waals surface area contributed by atoms with Gasteiger partial charge in [0.15, 0.2) is 0 Å². The zero-order valence-electron chi connectivity index (χ0n) is 28.0. The SMILES string of the molecule is CC1(OC(=O)Nc2ccccc2-c2ccccc2)CCN(CCNC(=O)CCCCCNC[C@H](O)c2ccc(O)c3[nH]c(=O)ccc23)CC1. The van der Waals surface area contributed by atoms with Gasteiger partial charge in [0, 0.05) is 56.2 Å². The van der Waals surface area contributed by atoms with Crippen LogP contribution in [-0.4, -0.2) is 77.0 Å². The number of hydrogen-bond donors (Lipinski definition) is 6. The number of carbonyl (C=O) groups is 2. The van der Waals surface area contributed by atoms with Crippen LogP contribution in [0.1, 0.15) is 57.1 Å². The summed E-state index contributed by atoms with van der Waals surface area (Å²) < 4.78 is 5.92. The van der Waals surface area contributed by atoms with Crippen molar-refractivity contribution in [2.75, 3.05) is 44.6 Å². The van der Waals surface area contributed by atoms with Crippen molar-refractivity contribution in [3.63, 3.8) is 0 Å². The number of para-hydroxylation sites is 1. The third kappa shape index (κ3) is 10.1. The molecule has 0 unspecified atom stereocenters. The summed E-state index contributed by atoms with van der Waals surface area (Å²) in [5, 5.41) is 30.5. The highest BCUT2D eigenvalue weighted by molar-refractivity contribution is 5.91. The minimum atomic E-state index is -0.797. The number of fused-ring (bicyclic) bond motifs is 1. The van der Waals surface area contributed by atoms with E-state index in [4.69, 9.17) is 4.74 Å². The summed E-state index contributed by atoms with van der Waals surface area (Å²) >= 11 is 0. The number of amides is 2. The molecule has 1 aliphatic heterocycles. The number of phenols is 1. The number of nitrogens with zero attached hydrogens (tertiary/aromatic N) is 1. The molecular weight excluding hydrogens is 622 g/mol. The van der Waals surface area contributed by atoms with Gasteiger partial charge in [-0.05, 0) is 68.5 Å². The van der Waals surface area contributed by atoms with Gasteiger partial charge in [-0.3, -0.25) is 14.9 Å². The molecule has 0 spiro atoms. The standard InChI is InChI=1S/C38H47N5O6/c1-38(49-37(48)41-31-13-8-7-12-28(31)27-10-4-2-5-11-27)19-23-43(24-20-38)25-22-40-34(46)14-6-3-9-21-39-26-33(45)29-15-17-32(44)36-30(29)16-18-35(47)42-36/h2,4-5,7-8,10-13,15-18,33,39,44-45H,3,6,9,14,19-26H2,1H3,(H,40,46)(H,41,48)(H,42,47)/t33-/m0/s1. The number of pyridine rings is 1. The Labute approximate surface area is 286 Å². The molecule has 49 heavy (non-hydrogen) atoms. The zero-order chi connectivity index (χ0) is 34.6. The quantitative estimate of drug-likeness (QED) is 0.0932. The van der Waals surface area contributed by atoms with E-state index >= 15 is 0 Å². The van der Waals surface area contributed by atoms with Crippen molar-refractivity contribution in [1.82, 2.24) is 20.5 Å². The van der Waals surface area contributed by atoms with Crippen molar-refractivity contribution >= 4 is 28.6 Å². The van der Waals surface area contributed by atoms with Gasteiger partial charge in [0.1, 0.15) is 11.4 Å². The van der Waals surface area contributed by atoms with Gasteiger partial charge in [-0.2, -0.15) is 0 Å². The van der Waals surface area contributed by atoms with Gasteiger partial charge in [-0.15, -0.1) is 0 Å². The molecule has 3 aromatic carbocycles. The van der Waals surface area contributed by atoms with E-state index < -0.39 is 17.8 Å². The summed E-state index contributed by atoms with van der Waals surface area (Å²) in [6, 6.07) is 23.7. The molecule has 11 nitrogen and oxygen atoms in total. The van der Waals surface area contributed by atoms with E-state index in [9.17, 15) is 24.6 Å². The van der Waals surface area contributed by atoms with E-state index in [1.165, 1.54) is 12.1 Å². The number of unbranched alkanes of at least 4 members (excludes halogenated alkanes) is 2. The molecule has 1 aliphatic rings. The van der Waals surface area contributed by atoms with Gasteiger partial charge >= 0.3 is 6.09 Å². The normalized spacial score (nSPS) is 15.1. The Morgan fingerprint density at radius 1 is 0.939 bits per heavy atom. The van der Waals surface area contributed by atoms with Gasteiger partial charge < -0.3 is 35.5 Å². The number of aromatic nitrogens is 1. The summed E-state index contributed by atoms with van der Waals surface area (Å²) in [4.78, 5) is 41.8. The van der Waals surface area contributed by atoms with E-state index in [2.05, 4.69) is 25.8 Å². The number of piperidine rings is 1. The third-order valence-electron chi connectivity index (χ3n) is 9.11. The highest BCUT2D eigenvalue weighted by Crippen LogP contribution is 2.31. The fraction of sp³-hybridized carbons (Fsp3) is 0.395. The zero-order valence-corrected chi connectivity index (χ0v) is 28.0. The van der Waals surface area contributed by atoms with Crippen LogP contribution in [-0.2, 0) is 9.53 Å². The van der Waals surface area contributed by atoms with Crippen LogP contribution >= 0.6 is 0 Å². The van der Waals surface area contributed by atoms with Crippen LogP contribution in [0.5, 0.6) is 5.75 Å². The first-order chi connectivity index (χ1) is 23.7. The number of aliphatic hydroxyl groups is 1. The Morgan fingerprint density at radius 3 is 2.49 bits per heavy atom. The highest BCUT2D eigenvalue weighted by Gasteiger charge is 2.33. The molecule has 0 saturated carbocycles. The molecule has 11 heteroatoms. The van der Waals surface area contributed by atoms with Crippen molar-refractivity contribution in [1.29, 1.82) is 0 Å². The monoisotopic (exact) mass is 669 g/mol. The second kappa shape index (κ2) is 17.1. The number of phenolic OH excluding ortho intramolecular Hbond substituents is 1. The van der Waals surface area contributed by atoms with Gasteiger partial charge in [0.2, 0.25) is 11.5 Å². The Morgan fingerprint density at radius 2 is 1.69 bits per heavy atom. The fourth-order valence-electron chi connectivity index (χ4n) is 6.22. The number of aliphatic hydroxyl groups excluding tert-OH is 1. The first-order valence-corrected chi connectivity index (χ1v) is 17.1. The third-order valence-corrected chi connectivity index (χ3v) is 9.11. The summed E-state index contributed by atoms with van der Waals surface area (Å²) in [6.07, 6.45) is 3.18. The van der Waals surface area contributed by atoms with Crippen LogP contribution in [0.4, 0.5) is 10.5 Å². The minimum Gasteiger partial charge on any atom is -0.506 e. The van der Waals surface area contributed by atoms with E-state index in [1.807, 2.05) is 61.5 Å². The van der Waals surface area contributed by atoms with E-state index in [0.717, 1.165) is 50.0 Å². The van der Waals surface area contributed by atoms with Crippen LogP contribution in [0.3, 0.4) is 0 Å². The number of hydrogen-bond acceptors (Lipinski definition) is 8. The smallest absolute Gasteiger partial charge is 0.412 e. The molecule has 4 aromatic rings. The van der Waals surface area contributed by atoms with Crippen molar-refractivity contribution in [2.24, 2.45) is 0 Å². The maximum atomic E-state index is 12.9. The summed E-state index contributed by atoms with van der Waals surface area (Å²) in [5.74, 6) is 0.00344. The highest BCUT2D eigenvalue weighted by atomic mass is 16.6. The topological polar surface area (TPSA) is 156 Å². The van der Waals surface area contributed by atoms with Crippen molar-refractivity contribution < 1.29 is 24.5 Å². The van der Waals surface area contributed by atoms with E-state index in [0.29, 0.717) is 61.1 Å². The van der Waals surface area contributed by atoms with E-state index in [-0.39, 0.29) is 17.2 Å². The molecule has 0 bridgehead atoms. The number of benzene rings is 3. The number of carbonyl (C=O) groups excluding carboxylic acids is 2. The maximum absolute atomic E-state index is 12.9. The molecular formula is C38H47N5O6.